The Hall–Kier alpha value is -0.160. The van der Waals surface area contributed by atoms with Gasteiger partial charge >= 0.3 is 0 Å². The van der Waals surface area contributed by atoms with Gasteiger partial charge in [-0.05, 0) is 25.8 Å². The Balaban J connectivity index is 1.94. The number of nitrogens with two attached hydrogens (primary N) is 1. The first-order valence-electron chi connectivity index (χ1n) is 5.99. The van der Waals surface area contributed by atoms with E-state index in [0.717, 1.165) is 45.3 Å². The van der Waals surface area contributed by atoms with Crippen LogP contribution in [-0.4, -0.2) is 54.5 Å². The summed E-state index contributed by atoms with van der Waals surface area (Å²) in [5.41, 5.74) is 5.49. The lowest BCUT2D eigenvalue weighted by molar-refractivity contribution is -0.146. The van der Waals surface area contributed by atoms with Crippen molar-refractivity contribution in [1.29, 1.82) is 0 Å². The minimum atomic E-state index is -0.170. The fourth-order valence-corrected chi connectivity index (χ4v) is 2.85. The quantitative estimate of drug-likeness (QED) is 0.677. The molecule has 2 atom stereocenters. The SMILES string of the molecule is NCCN1CCC[C@]2(C[C@H](O)CCO2)C1. The number of aliphatic hydroxyl groups excluding tert-OH is 1. The summed E-state index contributed by atoms with van der Waals surface area (Å²) in [6, 6.07) is 0. The topological polar surface area (TPSA) is 58.7 Å². The Morgan fingerprint density at radius 3 is 3.13 bits per heavy atom. The molecule has 0 aromatic heterocycles. The van der Waals surface area contributed by atoms with E-state index in [1.54, 1.807) is 0 Å². The van der Waals surface area contributed by atoms with Crippen LogP contribution in [0.15, 0.2) is 0 Å². The third-order valence-corrected chi connectivity index (χ3v) is 3.53. The van der Waals surface area contributed by atoms with Gasteiger partial charge in [0.15, 0.2) is 0 Å². The van der Waals surface area contributed by atoms with Gasteiger partial charge in [-0.2, -0.15) is 0 Å². The first kappa shape index (κ1) is 11.3. The molecule has 0 radical (unpaired) electrons. The second-order valence-electron chi connectivity index (χ2n) is 4.85. The van der Waals surface area contributed by atoms with Crippen molar-refractivity contribution in [3.63, 3.8) is 0 Å². The van der Waals surface area contributed by atoms with E-state index in [2.05, 4.69) is 4.90 Å². The van der Waals surface area contributed by atoms with Gasteiger partial charge in [-0.3, -0.25) is 4.90 Å². The Morgan fingerprint density at radius 2 is 2.40 bits per heavy atom. The molecule has 88 valence electrons. The van der Waals surface area contributed by atoms with Crippen molar-refractivity contribution >= 4 is 0 Å². The number of hydrogen-bond donors (Lipinski definition) is 2. The molecular formula is C11H22N2O2. The highest BCUT2D eigenvalue weighted by Crippen LogP contribution is 2.33. The van der Waals surface area contributed by atoms with E-state index in [1.807, 2.05) is 0 Å². The molecule has 1 spiro atoms. The molecule has 0 saturated carbocycles. The molecule has 0 amide bonds. The van der Waals surface area contributed by atoms with Crippen LogP contribution >= 0.6 is 0 Å². The molecule has 0 aliphatic carbocycles. The Kier molecular flexibility index (Phi) is 3.61. The van der Waals surface area contributed by atoms with E-state index in [4.69, 9.17) is 10.5 Å². The second-order valence-corrected chi connectivity index (χ2v) is 4.85. The van der Waals surface area contributed by atoms with Crippen LogP contribution in [0.3, 0.4) is 0 Å². The number of ether oxygens (including phenoxy) is 1. The molecule has 15 heavy (non-hydrogen) atoms. The van der Waals surface area contributed by atoms with Crippen LogP contribution in [-0.2, 0) is 4.74 Å². The molecule has 0 aromatic rings. The smallest absolute Gasteiger partial charge is 0.0833 e. The molecule has 2 heterocycles. The number of nitrogens with zero attached hydrogens (tertiary/aromatic N) is 1. The maximum Gasteiger partial charge on any atom is 0.0833 e. The number of piperidine rings is 1. The standard InChI is InChI=1S/C11H22N2O2/c12-4-6-13-5-1-3-11(9-13)8-10(14)2-7-15-11/h10,14H,1-9,12H2/t10-,11+/m1/s1. The van der Waals surface area contributed by atoms with Crippen LogP contribution in [0.5, 0.6) is 0 Å². The van der Waals surface area contributed by atoms with Gasteiger partial charge in [-0.15, -0.1) is 0 Å². The van der Waals surface area contributed by atoms with Gasteiger partial charge in [-0.25, -0.2) is 0 Å². The van der Waals surface area contributed by atoms with Gasteiger partial charge in [0.25, 0.3) is 0 Å². The molecule has 2 aliphatic heterocycles. The summed E-state index contributed by atoms with van der Waals surface area (Å²) in [6.45, 7) is 4.43. The first-order valence-corrected chi connectivity index (χ1v) is 5.99. The van der Waals surface area contributed by atoms with Crippen molar-refractivity contribution < 1.29 is 9.84 Å². The molecule has 0 unspecified atom stereocenters. The van der Waals surface area contributed by atoms with Gasteiger partial charge in [-0.1, -0.05) is 0 Å². The molecule has 4 nitrogen and oxygen atoms in total. The van der Waals surface area contributed by atoms with Crippen LogP contribution in [0.1, 0.15) is 25.7 Å². The average Bonchev–Trinajstić information content (AvgIpc) is 2.17. The van der Waals surface area contributed by atoms with Crippen LogP contribution in [0.2, 0.25) is 0 Å². The number of aliphatic hydroxyl groups is 1. The highest BCUT2D eigenvalue weighted by molar-refractivity contribution is 4.93. The molecule has 4 heteroatoms. The summed E-state index contributed by atoms with van der Waals surface area (Å²) in [4.78, 5) is 2.36. The summed E-state index contributed by atoms with van der Waals surface area (Å²) in [5.74, 6) is 0. The maximum atomic E-state index is 9.72. The zero-order chi connectivity index (χ0) is 10.7. The van der Waals surface area contributed by atoms with E-state index in [-0.39, 0.29) is 11.7 Å². The van der Waals surface area contributed by atoms with E-state index in [1.165, 1.54) is 0 Å². The van der Waals surface area contributed by atoms with E-state index < -0.39 is 0 Å². The minimum Gasteiger partial charge on any atom is -0.393 e. The molecular weight excluding hydrogens is 192 g/mol. The number of rotatable bonds is 2. The third-order valence-electron chi connectivity index (χ3n) is 3.53. The first-order chi connectivity index (χ1) is 7.24. The predicted octanol–water partition coefficient (Wildman–Crippen LogP) is -0.0490. The maximum absolute atomic E-state index is 9.72. The largest absolute Gasteiger partial charge is 0.393 e. The minimum absolute atomic E-state index is 0.0783. The van der Waals surface area contributed by atoms with Gasteiger partial charge in [0, 0.05) is 32.7 Å². The van der Waals surface area contributed by atoms with Crippen LogP contribution in [0.4, 0.5) is 0 Å². The van der Waals surface area contributed by atoms with Gasteiger partial charge < -0.3 is 15.6 Å². The van der Waals surface area contributed by atoms with Crippen LogP contribution < -0.4 is 5.73 Å². The van der Waals surface area contributed by atoms with Crippen LogP contribution in [0, 0.1) is 0 Å². The average molecular weight is 214 g/mol. The zero-order valence-corrected chi connectivity index (χ0v) is 9.32. The van der Waals surface area contributed by atoms with Crippen molar-refractivity contribution in [2.75, 3.05) is 32.8 Å². The summed E-state index contributed by atoms with van der Waals surface area (Å²) >= 11 is 0. The summed E-state index contributed by atoms with van der Waals surface area (Å²) in [6.07, 6.45) is 3.67. The van der Waals surface area contributed by atoms with E-state index >= 15 is 0 Å². The number of likely N-dealkylation sites (tertiary alicyclic amines) is 1. The normalized spacial score (nSPS) is 38.4. The summed E-state index contributed by atoms with van der Waals surface area (Å²) < 4.78 is 5.91. The Morgan fingerprint density at radius 1 is 1.53 bits per heavy atom. The molecule has 2 rings (SSSR count). The van der Waals surface area contributed by atoms with Crippen molar-refractivity contribution in [3.05, 3.63) is 0 Å². The van der Waals surface area contributed by atoms with Gasteiger partial charge in [0.2, 0.25) is 0 Å². The second kappa shape index (κ2) is 4.78. The monoisotopic (exact) mass is 214 g/mol. The molecule has 0 bridgehead atoms. The van der Waals surface area contributed by atoms with E-state index in [0.29, 0.717) is 13.2 Å². The highest BCUT2D eigenvalue weighted by atomic mass is 16.5. The molecule has 0 aromatic carbocycles. The lowest BCUT2D eigenvalue weighted by Crippen LogP contribution is -2.54. The van der Waals surface area contributed by atoms with E-state index in [9.17, 15) is 5.11 Å². The summed E-state index contributed by atoms with van der Waals surface area (Å²) in [5, 5.41) is 9.72. The Bertz CT molecular complexity index is 207. The Labute approximate surface area is 91.4 Å². The molecule has 2 aliphatic rings. The zero-order valence-electron chi connectivity index (χ0n) is 9.32. The summed E-state index contributed by atoms with van der Waals surface area (Å²) in [7, 11) is 0. The van der Waals surface area contributed by atoms with Crippen LogP contribution in [0.25, 0.3) is 0 Å². The molecule has 2 fully saturated rings. The molecule has 2 saturated heterocycles. The lowest BCUT2D eigenvalue weighted by Gasteiger charge is -2.46. The third kappa shape index (κ3) is 2.69. The van der Waals surface area contributed by atoms with Crippen molar-refractivity contribution in [2.45, 2.75) is 37.4 Å². The lowest BCUT2D eigenvalue weighted by atomic mass is 9.84. The number of hydrogen-bond acceptors (Lipinski definition) is 4. The van der Waals surface area contributed by atoms with Crippen molar-refractivity contribution in [2.24, 2.45) is 5.73 Å². The fourth-order valence-electron chi connectivity index (χ4n) is 2.85. The molecule has 3 N–H and O–H groups in total. The van der Waals surface area contributed by atoms with Crippen molar-refractivity contribution in [3.8, 4) is 0 Å². The van der Waals surface area contributed by atoms with Gasteiger partial charge in [0.1, 0.15) is 0 Å². The predicted molar refractivity (Wildman–Crippen MR) is 58.7 cm³/mol. The van der Waals surface area contributed by atoms with Crippen molar-refractivity contribution in [1.82, 2.24) is 4.90 Å². The highest BCUT2D eigenvalue weighted by Gasteiger charge is 2.40. The van der Waals surface area contributed by atoms with Gasteiger partial charge in [0.05, 0.1) is 11.7 Å². The fraction of sp³-hybridized carbons (Fsp3) is 1.00.